The van der Waals surface area contributed by atoms with Gasteiger partial charge in [0.1, 0.15) is 0 Å². The fourth-order valence-electron chi connectivity index (χ4n) is 4.70. The molecule has 0 spiro atoms. The predicted molar refractivity (Wildman–Crippen MR) is 110 cm³/mol. The molecule has 3 unspecified atom stereocenters. The van der Waals surface area contributed by atoms with Gasteiger partial charge in [-0.1, -0.05) is 69.5 Å². The molecule has 1 heteroatoms. The van der Waals surface area contributed by atoms with Gasteiger partial charge in [0, 0.05) is 17.9 Å². The summed E-state index contributed by atoms with van der Waals surface area (Å²) in [6.45, 7) is 10.4. The molecule has 3 rings (SSSR count). The van der Waals surface area contributed by atoms with Gasteiger partial charge >= 0.3 is 0 Å². The molecule has 2 aromatic carbocycles. The van der Waals surface area contributed by atoms with Crippen molar-refractivity contribution in [1.82, 2.24) is 0 Å². The number of nitrogens with zero attached hydrogens (tertiary/aromatic N) is 1. The van der Waals surface area contributed by atoms with Crippen LogP contribution < -0.4 is 4.90 Å². The lowest BCUT2D eigenvalue weighted by atomic mass is 9.86. The van der Waals surface area contributed by atoms with Crippen LogP contribution in [0.2, 0.25) is 0 Å². The molecule has 0 heterocycles. The van der Waals surface area contributed by atoms with Crippen LogP contribution in [0.15, 0.2) is 48.5 Å². The number of rotatable bonds is 6. The topological polar surface area (TPSA) is 3.24 Å². The highest BCUT2D eigenvalue weighted by atomic mass is 15.1. The average Bonchev–Trinajstić information content (AvgIpc) is 2.95. The molecule has 1 aliphatic carbocycles. The molecule has 25 heavy (non-hydrogen) atoms. The molecule has 1 saturated carbocycles. The molecule has 1 fully saturated rings. The van der Waals surface area contributed by atoms with Gasteiger partial charge in [-0.3, -0.25) is 0 Å². The zero-order valence-electron chi connectivity index (χ0n) is 16.3. The molecule has 1 aliphatic rings. The fraction of sp³-hybridized carbons (Fsp3) is 0.500. The zero-order valence-corrected chi connectivity index (χ0v) is 16.3. The minimum atomic E-state index is 0.791. The van der Waals surface area contributed by atoms with Crippen molar-refractivity contribution in [1.29, 1.82) is 0 Å². The molecule has 0 N–H and O–H groups in total. The lowest BCUT2D eigenvalue weighted by Crippen LogP contribution is -2.31. The Kier molecular flexibility index (Phi) is 5.83. The Hall–Kier alpha value is -1.76. The largest absolute Gasteiger partial charge is 0.341 e. The number of para-hydroxylation sites is 2. The second kappa shape index (κ2) is 8.08. The van der Waals surface area contributed by atoms with Gasteiger partial charge in [0.2, 0.25) is 0 Å². The van der Waals surface area contributed by atoms with Gasteiger partial charge in [0.25, 0.3) is 0 Å². The quantitative estimate of drug-likeness (QED) is 0.554. The molecule has 0 radical (unpaired) electrons. The van der Waals surface area contributed by atoms with E-state index in [2.05, 4.69) is 81.1 Å². The highest BCUT2D eigenvalue weighted by molar-refractivity contribution is 5.68. The summed E-state index contributed by atoms with van der Waals surface area (Å²) in [5.41, 5.74) is 5.46. The van der Waals surface area contributed by atoms with Crippen molar-refractivity contribution >= 4 is 11.4 Å². The van der Waals surface area contributed by atoms with E-state index in [1.54, 1.807) is 0 Å². The van der Waals surface area contributed by atoms with Crippen LogP contribution in [0.1, 0.15) is 50.7 Å². The van der Waals surface area contributed by atoms with Crippen molar-refractivity contribution in [2.45, 2.75) is 53.4 Å². The second-order valence-electron chi connectivity index (χ2n) is 7.95. The van der Waals surface area contributed by atoms with Crippen LogP contribution in [-0.2, 0) is 0 Å². The second-order valence-corrected chi connectivity index (χ2v) is 7.95. The molecule has 3 atom stereocenters. The normalized spacial score (nSPS) is 23.0. The summed E-state index contributed by atoms with van der Waals surface area (Å²) in [5.74, 6) is 2.50. The molecule has 2 aromatic rings. The van der Waals surface area contributed by atoms with E-state index in [0.717, 1.165) is 24.3 Å². The Morgan fingerprint density at radius 3 is 1.96 bits per heavy atom. The van der Waals surface area contributed by atoms with E-state index in [1.807, 2.05) is 0 Å². The summed E-state index contributed by atoms with van der Waals surface area (Å²) in [7, 11) is 0. The first-order valence-corrected chi connectivity index (χ1v) is 10.0. The third kappa shape index (κ3) is 3.92. The van der Waals surface area contributed by atoms with Crippen LogP contribution in [0.25, 0.3) is 0 Å². The van der Waals surface area contributed by atoms with Gasteiger partial charge in [0.05, 0.1) is 0 Å². The molecule has 0 amide bonds. The highest BCUT2D eigenvalue weighted by Crippen LogP contribution is 2.42. The SMILES string of the molecule is CCCC1CCC(C)C1CN(c1ccccc1C)c1ccccc1C. The lowest BCUT2D eigenvalue weighted by molar-refractivity contribution is 0.317. The van der Waals surface area contributed by atoms with Gasteiger partial charge in [-0.15, -0.1) is 0 Å². The van der Waals surface area contributed by atoms with Crippen LogP contribution in [0.3, 0.4) is 0 Å². The number of anilines is 2. The molecule has 0 aromatic heterocycles. The lowest BCUT2D eigenvalue weighted by Gasteiger charge is -2.34. The van der Waals surface area contributed by atoms with Crippen LogP contribution >= 0.6 is 0 Å². The van der Waals surface area contributed by atoms with Crippen molar-refractivity contribution in [3.05, 3.63) is 59.7 Å². The van der Waals surface area contributed by atoms with E-state index in [1.165, 1.54) is 48.2 Å². The van der Waals surface area contributed by atoms with Gasteiger partial charge in [0.15, 0.2) is 0 Å². The van der Waals surface area contributed by atoms with E-state index >= 15 is 0 Å². The van der Waals surface area contributed by atoms with E-state index in [9.17, 15) is 0 Å². The predicted octanol–water partition coefficient (Wildman–Crippen LogP) is 6.90. The van der Waals surface area contributed by atoms with Gasteiger partial charge in [-0.25, -0.2) is 0 Å². The van der Waals surface area contributed by atoms with Crippen molar-refractivity contribution in [3.8, 4) is 0 Å². The van der Waals surface area contributed by atoms with Crippen LogP contribution in [-0.4, -0.2) is 6.54 Å². The van der Waals surface area contributed by atoms with E-state index in [0.29, 0.717) is 0 Å². The molecule has 1 nitrogen and oxygen atoms in total. The first-order chi connectivity index (χ1) is 12.1. The number of hydrogen-bond acceptors (Lipinski definition) is 1. The number of hydrogen-bond donors (Lipinski definition) is 0. The Bertz CT molecular complexity index is 642. The van der Waals surface area contributed by atoms with Crippen LogP contribution in [0.4, 0.5) is 11.4 Å². The van der Waals surface area contributed by atoms with Crippen molar-refractivity contribution < 1.29 is 0 Å². The first kappa shape index (κ1) is 18.0. The Morgan fingerprint density at radius 2 is 1.44 bits per heavy atom. The molecule has 0 saturated heterocycles. The maximum Gasteiger partial charge on any atom is 0.0440 e. The van der Waals surface area contributed by atoms with E-state index in [4.69, 9.17) is 0 Å². The standard InChI is InChI=1S/C24H33N/c1-5-10-21-16-15-18(2)22(21)17-25(23-13-8-6-11-19(23)3)24-14-9-7-12-20(24)4/h6-9,11-14,18,21-22H,5,10,15-17H2,1-4H3. The molecule has 134 valence electrons. The molecule has 0 aliphatic heterocycles. The van der Waals surface area contributed by atoms with E-state index in [-0.39, 0.29) is 0 Å². The van der Waals surface area contributed by atoms with Crippen LogP contribution in [0.5, 0.6) is 0 Å². The molecular weight excluding hydrogens is 302 g/mol. The van der Waals surface area contributed by atoms with Gasteiger partial charge < -0.3 is 4.90 Å². The molecule has 0 bridgehead atoms. The summed E-state index contributed by atoms with van der Waals surface area (Å²) in [6.07, 6.45) is 5.49. The number of benzene rings is 2. The van der Waals surface area contributed by atoms with Crippen LogP contribution in [0, 0.1) is 31.6 Å². The van der Waals surface area contributed by atoms with Crippen molar-refractivity contribution in [3.63, 3.8) is 0 Å². The van der Waals surface area contributed by atoms with E-state index < -0.39 is 0 Å². The first-order valence-electron chi connectivity index (χ1n) is 10.0. The Balaban J connectivity index is 1.97. The average molecular weight is 336 g/mol. The summed E-state index contributed by atoms with van der Waals surface area (Å²) >= 11 is 0. The van der Waals surface area contributed by atoms with Gasteiger partial charge in [-0.05, 0) is 61.3 Å². The maximum absolute atomic E-state index is 2.60. The maximum atomic E-state index is 2.60. The Labute approximate surface area is 154 Å². The summed E-state index contributed by atoms with van der Waals surface area (Å²) < 4.78 is 0. The monoisotopic (exact) mass is 335 g/mol. The fourth-order valence-corrected chi connectivity index (χ4v) is 4.70. The Morgan fingerprint density at radius 1 is 0.880 bits per heavy atom. The molecular formula is C24H33N. The minimum Gasteiger partial charge on any atom is -0.341 e. The minimum absolute atomic E-state index is 0.791. The summed E-state index contributed by atoms with van der Waals surface area (Å²) in [5, 5.41) is 0. The third-order valence-electron chi connectivity index (χ3n) is 6.19. The van der Waals surface area contributed by atoms with Crippen molar-refractivity contribution in [2.24, 2.45) is 17.8 Å². The van der Waals surface area contributed by atoms with Crippen molar-refractivity contribution in [2.75, 3.05) is 11.4 Å². The highest BCUT2D eigenvalue weighted by Gasteiger charge is 2.34. The van der Waals surface area contributed by atoms with Gasteiger partial charge in [-0.2, -0.15) is 0 Å². The summed E-state index contributed by atoms with van der Waals surface area (Å²) in [4.78, 5) is 2.60. The smallest absolute Gasteiger partial charge is 0.0440 e. The number of aryl methyl sites for hydroxylation is 2. The third-order valence-corrected chi connectivity index (χ3v) is 6.19. The summed E-state index contributed by atoms with van der Waals surface area (Å²) in [6, 6.07) is 17.7. The zero-order chi connectivity index (χ0) is 17.8.